The van der Waals surface area contributed by atoms with Gasteiger partial charge in [0.2, 0.25) is 18.1 Å². The molecule has 0 aliphatic carbocycles. The van der Waals surface area contributed by atoms with E-state index in [2.05, 4.69) is 16.8 Å². The molecule has 0 saturated carbocycles. The molecule has 1 amide bonds. The molecule has 0 aromatic heterocycles. The Kier molecular flexibility index (Phi) is 5.23. The van der Waals surface area contributed by atoms with Crippen LogP contribution in [0.15, 0.2) is 34.4 Å². The lowest BCUT2D eigenvalue weighted by atomic mass is 9.98. The van der Waals surface area contributed by atoms with Crippen molar-refractivity contribution in [3.8, 4) is 6.19 Å². The molecule has 146 valence electrons. The molecular weight excluding hydrogens is 376 g/mol. The van der Waals surface area contributed by atoms with E-state index < -0.39 is 0 Å². The molecule has 2 saturated heterocycles. The van der Waals surface area contributed by atoms with E-state index in [1.54, 1.807) is 5.01 Å². The van der Waals surface area contributed by atoms with Crippen LogP contribution < -0.4 is 0 Å². The molecule has 1 atom stereocenters. The largest absolute Gasteiger partial charge is 0.340 e. The van der Waals surface area contributed by atoms with E-state index in [0.29, 0.717) is 29.9 Å². The number of guanidine groups is 1. The van der Waals surface area contributed by atoms with Crippen molar-refractivity contribution < 1.29 is 4.79 Å². The summed E-state index contributed by atoms with van der Waals surface area (Å²) in [7, 11) is 0. The van der Waals surface area contributed by atoms with Gasteiger partial charge >= 0.3 is 0 Å². The van der Waals surface area contributed by atoms with Crippen molar-refractivity contribution in [3.05, 3.63) is 34.9 Å². The Bertz CT molecular complexity index is 852. The molecule has 7 nitrogen and oxygen atoms in total. The molecule has 2 fully saturated rings. The van der Waals surface area contributed by atoms with Crippen LogP contribution in [0.25, 0.3) is 0 Å². The molecular formula is C20H23ClN6O. The maximum atomic E-state index is 12.4. The average molecular weight is 399 g/mol. The van der Waals surface area contributed by atoms with Crippen molar-refractivity contribution in [2.24, 2.45) is 16.0 Å². The van der Waals surface area contributed by atoms with E-state index in [4.69, 9.17) is 16.7 Å². The van der Waals surface area contributed by atoms with Crippen LogP contribution in [0.2, 0.25) is 5.02 Å². The molecule has 8 heteroatoms. The fraction of sp³-hybridized carbons (Fsp3) is 0.500. The number of hydrogen-bond acceptors (Lipinski definition) is 4. The first-order chi connectivity index (χ1) is 13.6. The van der Waals surface area contributed by atoms with Gasteiger partial charge in [0, 0.05) is 36.6 Å². The zero-order valence-electron chi connectivity index (χ0n) is 15.9. The van der Waals surface area contributed by atoms with Gasteiger partial charge in [0.15, 0.2) is 0 Å². The predicted octanol–water partition coefficient (Wildman–Crippen LogP) is 2.53. The van der Waals surface area contributed by atoms with Crippen LogP contribution in [0.3, 0.4) is 0 Å². The normalized spacial score (nSPS) is 23.1. The Balaban J connectivity index is 1.65. The van der Waals surface area contributed by atoms with Gasteiger partial charge in [0.1, 0.15) is 0 Å². The first-order valence-corrected chi connectivity index (χ1v) is 10.1. The number of rotatable bonds is 3. The number of benzene rings is 1. The van der Waals surface area contributed by atoms with Gasteiger partial charge in [-0.25, -0.2) is 5.01 Å². The highest BCUT2D eigenvalue weighted by atomic mass is 35.5. The predicted molar refractivity (Wildman–Crippen MR) is 108 cm³/mol. The molecule has 28 heavy (non-hydrogen) atoms. The van der Waals surface area contributed by atoms with Gasteiger partial charge in [-0.1, -0.05) is 30.7 Å². The highest BCUT2D eigenvalue weighted by Gasteiger charge is 2.41. The van der Waals surface area contributed by atoms with Crippen molar-refractivity contribution in [1.29, 1.82) is 5.26 Å². The standard InChI is InChI=1S/C20H23ClN6O/c1-2-14-10-25(11-14)20(23-13-22)27-12-17(26-9-3-4-18(26)28)19(24-27)15-5-7-16(21)8-6-15/h5-8,14,17H,2-4,9-12H2,1H3. The number of carbonyl (C=O) groups is 1. The van der Waals surface area contributed by atoms with E-state index in [1.165, 1.54) is 0 Å². The lowest BCUT2D eigenvalue weighted by Crippen LogP contribution is -2.55. The van der Waals surface area contributed by atoms with Crippen LogP contribution in [-0.4, -0.2) is 64.6 Å². The lowest BCUT2D eigenvalue weighted by Gasteiger charge is -2.42. The van der Waals surface area contributed by atoms with Crippen LogP contribution in [0.5, 0.6) is 0 Å². The van der Waals surface area contributed by atoms with E-state index in [1.807, 2.05) is 35.4 Å². The van der Waals surface area contributed by atoms with Gasteiger partial charge in [0.05, 0.1) is 18.3 Å². The first kappa shape index (κ1) is 18.8. The third kappa shape index (κ3) is 3.45. The second kappa shape index (κ2) is 7.80. The third-order valence-corrected chi connectivity index (χ3v) is 5.97. The number of nitrogens with zero attached hydrogens (tertiary/aromatic N) is 6. The van der Waals surface area contributed by atoms with Crippen molar-refractivity contribution >= 4 is 29.2 Å². The maximum absolute atomic E-state index is 12.4. The average Bonchev–Trinajstić information content (AvgIpc) is 3.27. The summed E-state index contributed by atoms with van der Waals surface area (Å²) in [6.07, 6.45) is 4.48. The van der Waals surface area contributed by atoms with Gasteiger partial charge in [-0.05, 0) is 30.9 Å². The summed E-state index contributed by atoms with van der Waals surface area (Å²) in [5.41, 5.74) is 1.76. The molecule has 3 heterocycles. The van der Waals surface area contributed by atoms with Crippen molar-refractivity contribution in [3.63, 3.8) is 0 Å². The van der Waals surface area contributed by atoms with E-state index in [0.717, 1.165) is 43.8 Å². The highest BCUT2D eigenvalue weighted by Crippen LogP contribution is 2.27. The topological polar surface area (TPSA) is 75.3 Å². The van der Waals surface area contributed by atoms with Crippen LogP contribution in [0.4, 0.5) is 0 Å². The molecule has 1 aromatic carbocycles. The lowest BCUT2D eigenvalue weighted by molar-refractivity contribution is -0.128. The number of nitriles is 1. The number of halogens is 1. The Morgan fingerprint density at radius 1 is 1.32 bits per heavy atom. The second-order valence-corrected chi connectivity index (χ2v) is 7.91. The van der Waals surface area contributed by atoms with Gasteiger partial charge in [0.25, 0.3) is 0 Å². The van der Waals surface area contributed by atoms with Crippen molar-refractivity contribution in [2.75, 3.05) is 26.2 Å². The number of carbonyl (C=O) groups excluding carboxylic acids is 1. The Morgan fingerprint density at radius 2 is 2.07 bits per heavy atom. The second-order valence-electron chi connectivity index (χ2n) is 7.47. The summed E-state index contributed by atoms with van der Waals surface area (Å²) < 4.78 is 0. The molecule has 1 unspecified atom stereocenters. The highest BCUT2D eigenvalue weighted by molar-refractivity contribution is 6.30. The van der Waals surface area contributed by atoms with Crippen molar-refractivity contribution in [1.82, 2.24) is 14.8 Å². The maximum Gasteiger partial charge on any atom is 0.233 e. The van der Waals surface area contributed by atoms with Crippen LogP contribution >= 0.6 is 11.6 Å². The van der Waals surface area contributed by atoms with Gasteiger partial charge in [-0.3, -0.25) is 4.79 Å². The van der Waals surface area contributed by atoms with Gasteiger partial charge in [-0.2, -0.15) is 10.4 Å². The molecule has 0 N–H and O–H groups in total. The molecule has 1 aromatic rings. The summed E-state index contributed by atoms with van der Waals surface area (Å²) in [5.74, 6) is 1.36. The number of hydrazone groups is 1. The molecule has 0 radical (unpaired) electrons. The van der Waals surface area contributed by atoms with Crippen LogP contribution in [0.1, 0.15) is 31.7 Å². The number of amides is 1. The third-order valence-electron chi connectivity index (χ3n) is 5.71. The monoisotopic (exact) mass is 398 g/mol. The fourth-order valence-corrected chi connectivity index (χ4v) is 4.18. The number of hydrogen-bond donors (Lipinski definition) is 0. The van der Waals surface area contributed by atoms with Crippen molar-refractivity contribution in [2.45, 2.75) is 32.2 Å². The van der Waals surface area contributed by atoms with Crippen LogP contribution in [0, 0.1) is 17.4 Å². The minimum Gasteiger partial charge on any atom is -0.340 e. The first-order valence-electron chi connectivity index (χ1n) is 9.74. The molecule has 0 spiro atoms. The summed E-state index contributed by atoms with van der Waals surface area (Å²) in [6, 6.07) is 7.36. The Labute approximate surface area is 169 Å². The number of likely N-dealkylation sites (tertiary alicyclic amines) is 2. The van der Waals surface area contributed by atoms with E-state index in [9.17, 15) is 10.1 Å². The fourth-order valence-electron chi connectivity index (χ4n) is 4.06. The van der Waals surface area contributed by atoms with Crippen LogP contribution in [-0.2, 0) is 4.79 Å². The summed E-state index contributed by atoms with van der Waals surface area (Å²) in [6.45, 7) is 5.18. The van der Waals surface area contributed by atoms with Gasteiger partial charge < -0.3 is 9.80 Å². The molecule has 3 aliphatic heterocycles. The minimum atomic E-state index is -0.150. The Morgan fingerprint density at radius 3 is 2.68 bits per heavy atom. The van der Waals surface area contributed by atoms with Gasteiger partial charge in [-0.15, -0.1) is 4.99 Å². The molecule has 0 bridgehead atoms. The SMILES string of the molecule is CCC1CN(C(=NC#N)N2CC(N3CCCC3=O)C(c3ccc(Cl)cc3)=N2)C1. The number of aliphatic imine (C=N–C) groups is 1. The summed E-state index contributed by atoms with van der Waals surface area (Å²) in [4.78, 5) is 20.5. The quantitative estimate of drug-likeness (QED) is 0.445. The van der Waals surface area contributed by atoms with E-state index >= 15 is 0 Å². The molecule has 3 aliphatic rings. The minimum absolute atomic E-state index is 0.150. The Hall–Kier alpha value is -2.59. The summed E-state index contributed by atoms with van der Waals surface area (Å²) in [5, 5.41) is 16.5. The smallest absolute Gasteiger partial charge is 0.233 e. The zero-order valence-corrected chi connectivity index (χ0v) is 16.6. The van der Waals surface area contributed by atoms with E-state index in [-0.39, 0.29) is 11.9 Å². The molecule has 4 rings (SSSR count). The summed E-state index contributed by atoms with van der Waals surface area (Å²) >= 11 is 6.04. The zero-order chi connectivity index (χ0) is 19.7.